The van der Waals surface area contributed by atoms with Crippen molar-refractivity contribution in [3.8, 4) is 0 Å². The highest BCUT2D eigenvalue weighted by Crippen LogP contribution is 2.26. The summed E-state index contributed by atoms with van der Waals surface area (Å²) < 4.78 is 0. The Balaban J connectivity index is 2.46. The van der Waals surface area contributed by atoms with E-state index in [9.17, 15) is 0 Å². The van der Waals surface area contributed by atoms with Gasteiger partial charge in [-0.3, -0.25) is 0 Å². The number of hydrogen-bond acceptors (Lipinski definition) is 3. The van der Waals surface area contributed by atoms with Crippen LogP contribution in [0.4, 0.5) is 11.4 Å². The van der Waals surface area contributed by atoms with Gasteiger partial charge in [-0.1, -0.05) is 35.5 Å². The van der Waals surface area contributed by atoms with Crippen LogP contribution < -0.4 is 10.6 Å². The minimum absolute atomic E-state index is 0.105. The summed E-state index contributed by atoms with van der Waals surface area (Å²) in [5, 5.41) is 11.9. The summed E-state index contributed by atoms with van der Waals surface area (Å²) in [6.07, 6.45) is 0. The number of benzene rings is 2. The maximum atomic E-state index is 8.81. The molecule has 0 aromatic heterocycles. The standard InChI is InChI=1S/C14H15N3O/c1-17(11-7-3-2-4-8-11)13-10-6-5-9-12(13)14(15)16-18/h2-10,18H,1H3,(H2,15,16). The van der Waals surface area contributed by atoms with Crippen LogP contribution >= 0.6 is 0 Å². The topological polar surface area (TPSA) is 61.8 Å². The number of amidine groups is 1. The lowest BCUT2D eigenvalue weighted by Crippen LogP contribution is -2.19. The highest BCUT2D eigenvalue weighted by Gasteiger charge is 2.11. The van der Waals surface area contributed by atoms with Crippen molar-refractivity contribution in [2.24, 2.45) is 10.9 Å². The Morgan fingerprint density at radius 1 is 1.06 bits per heavy atom. The molecule has 2 rings (SSSR count). The maximum absolute atomic E-state index is 8.81. The highest BCUT2D eigenvalue weighted by molar-refractivity contribution is 6.02. The molecule has 0 atom stereocenters. The molecule has 0 aliphatic heterocycles. The highest BCUT2D eigenvalue weighted by atomic mass is 16.4. The van der Waals surface area contributed by atoms with E-state index in [2.05, 4.69) is 5.16 Å². The number of para-hydroxylation sites is 2. The molecular weight excluding hydrogens is 226 g/mol. The lowest BCUT2D eigenvalue weighted by atomic mass is 10.1. The number of nitrogens with two attached hydrogens (primary N) is 1. The number of anilines is 2. The molecule has 2 aromatic carbocycles. The van der Waals surface area contributed by atoms with E-state index in [1.807, 2.05) is 66.5 Å². The Labute approximate surface area is 106 Å². The van der Waals surface area contributed by atoms with Gasteiger partial charge in [-0.2, -0.15) is 0 Å². The van der Waals surface area contributed by atoms with Crippen LogP contribution in [0.25, 0.3) is 0 Å². The van der Waals surface area contributed by atoms with E-state index in [1.54, 1.807) is 0 Å². The Kier molecular flexibility index (Phi) is 3.48. The molecular formula is C14H15N3O. The molecule has 0 radical (unpaired) electrons. The molecule has 0 unspecified atom stereocenters. The van der Waals surface area contributed by atoms with Crippen LogP contribution in [0, 0.1) is 0 Å². The molecule has 0 heterocycles. The van der Waals surface area contributed by atoms with E-state index >= 15 is 0 Å². The first-order valence-corrected chi connectivity index (χ1v) is 5.59. The van der Waals surface area contributed by atoms with Crippen molar-refractivity contribution in [2.45, 2.75) is 0 Å². The van der Waals surface area contributed by atoms with Gasteiger partial charge >= 0.3 is 0 Å². The first-order valence-electron chi connectivity index (χ1n) is 5.59. The maximum Gasteiger partial charge on any atom is 0.172 e. The van der Waals surface area contributed by atoms with Crippen LogP contribution in [-0.4, -0.2) is 18.1 Å². The first-order chi connectivity index (χ1) is 8.74. The molecule has 92 valence electrons. The van der Waals surface area contributed by atoms with Gasteiger partial charge < -0.3 is 15.8 Å². The number of nitrogens with zero attached hydrogens (tertiary/aromatic N) is 2. The average Bonchev–Trinajstić information content (AvgIpc) is 2.46. The summed E-state index contributed by atoms with van der Waals surface area (Å²) in [7, 11) is 1.94. The third-order valence-corrected chi connectivity index (χ3v) is 2.79. The Bertz CT molecular complexity index is 552. The van der Waals surface area contributed by atoms with Crippen molar-refractivity contribution in [3.63, 3.8) is 0 Å². The van der Waals surface area contributed by atoms with E-state index in [0.29, 0.717) is 5.56 Å². The van der Waals surface area contributed by atoms with Crippen LogP contribution in [0.1, 0.15) is 5.56 Å². The molecule has 0 spiro atoms. The average molecular weight is 241 g/mol. The zero-order valence-corrected chi connectivity index (χ0v) is 10.1. The summed E-state index contributed by atoms with van der Waals surface area (Å²) in [6, 6.07) is 17.4. The minimum Gasteiger partial charge on any atom is -0.409 e. The lowest BCUT2D eigenvalue weighted by Gasteiger charge is -2.22. The van der Waals surface area contributed by atoms with Gasteiger partial charge in [-0.25, -0.2) is 0 Å². The number of hydrogen-bond donors (Lipinski definition) is 2. The van der Waals surface area contributed by atoms with Crippen LogP contribution in [0.2, 0.25) is 0 Å². The fourth-order valence-corrected chi connectivity index (χ4v) is 1.83. The predicted octanol–water partition coefficient (Wildman–Crippen LogP) is 2.55. The Morgan fingerprint density at radius 3 is 2.33 bits per heavy atom. The zero-order valence-electron chi connectivity index (χ0n) is 10.1. The van der Waals surface area contributed by atoms with Crippen molar-refractivity contribution in [1.82, 2.24) is 0 Å². The van der Waals surface area contributed by atoms with Crippen LogP contribution in [0.15, 0.2) is 59.8 Å². The van der Waals surface area contributed by atoms with Gasteiger partial charge in [0.25, 0.3) is 0 Å². The van der Waals surface area contributed by atoms with E-state index < -0.39 is 0 Å². The van der Waals surface area contributed by atoms with Crippen LogP contribution in [0.5, 0.6) is 0 Å². The fourth-order valence-electron chi connectivity index (χ4n) is 1.83. The molecule has 4 heteroatoms. The summed E-state index contributed by atoms with van der Waals surface area (Å²) in [5.41, 5.74) is 8.31. The predicted molar refractivity (Wildman–Crippen MR) is 73.5 cm³/mol. The largest absolute Gasteiger partial charge is 0.409 e. The second-order valence-corrected chi connectivity index (χ2v) is 3.90. The molecule has 0 fully saturated rings. The van der Waals surface area contributed by atoms with Crippen LogP contribution in [-0.2, 0) is 0 Å². The molecule has 0 aliphatic carbocycles. The van der Waals surface area contributed by atoms with Crippen molar-refractivity contribution >= 4 is 17.2 Å². The summed E-state index contributed by atoms with van der Waals surface area (Å²) in [4.78, 5) is 1.99. The third-order valence-electron chi connectivity index (χ3n) is 2.79. The van der Waals surface area contributed by atoms with E-state index in [1.165, 1.54) is 0 Å². The van der Waals surface area contributed by atoms with Gasteiger partial charge in [0.2, 0.25) is 0 Å². The molecule has 2 aromatic rings. The lowest BCUT2D eigenvalue weighted by molar-refractivity contribution is 0.318. The minimum atomic E-state index is 0.105. The number of oxime groups is 1. The van der Waals surface area contributed by atoms with Gasteiger partial charge in [0.05, 0.1) is 5.69 Å². The van der Waals surface area contributed by atoms with Gasteiger partial charge in [0.15, 0.2) is 5.84 Å². The normalized spacial score (nSPS) is 11.3. The summed E-state index contributed by atoms with van der Waals surface area (Å²) >= 11 is 0. The van der Waals surface area contributed by atoms with Crippen LogP contribution in [0.3, 0.4) is 0 Å². The van der Waals surface area contributed by atoms with E-state index in [4.69, 9.17) is 10.9 Å². The van der Waals surface area contributed by atoms with Crippen molar-refractivity contribution < 1.29 is 5.21 Å². The third kappa shape index (κ3) is 2.27. The fraction of sp³-hybridized carbons (Fsp3) is 0.0714. The van der Waals surface area contributed by atoms with Gasteiger partial charge in [-0.05, 0) is 24.3 Å². The van der Waals surface area contributed by atoms with E-state index in [0.717, 1.165) is 11.4 Å². The second-order valence-electron chi connectivity index (χ2n) is 3.90. The first kappa shape index (κ1) is 12.0. The Hall–Kier alpha value is -2.49. The molecule has 3 N–H and O–H groups in total. The van der Waals surface area contributed by atoms with Crippen molar-refractivity contribution in [3.05, 3.63) is 60.2 Å². The molecule has 0 aliphatic rings. The molecule has 18 heavy (non-hydrogen) atoms. The SMILES string of the molecule is CN(c1ccccc1)c1ccccc1/C(N)=N/O. The molecule has 0 saturated heterocycles. The van der Waals surface area contributed by atoms with Crippen molar-refractivity contribution in [1.29, 1.82) is 0 Å². The molecule has 0 bridgehead atoms. The smallest absolute Gasteiger partial charge is 0.172 e. The quantitative estimate of drug-likeness (QED) is 0.376. The van der Waals surface area contributed by atoms with Gasteiger partial charge in [0.1, 0.15) is 0 Å². The summed E-state index contributed by atoms with van der Waals surface area (Å²) in [6.45, 7) is 0. The zero-order chi connectivity index (χ0) is 13.0. The van der Waals surface area contributed by atoms with E-state index in [-0.39, 0.29) is 5.84 Å². The van der Waals surface area contributed by atoms with Gasteiger partial charge in [0, 0.05) is 18.3 Å². The summed E-state index contributed by atoms with van der Waals surface area (Å²) in [5.74, 6) is 0.105. The molecule has 0 saturated carbocycles. The number of rotatable bonds is 3. The van der Waals surface area contributed by atoms with Gasteiger partial charge in [-0.15, -0.1) is 0 Å². The molecule has 0 amide bonds. The van der Waals surface area contributed by atoms with Crippen molar-refractivity contribution in [2.75, 3.05) is 11.9 Å². The second kappa shape index (κ2) is 5.23. The Morgan fingerprint density at radius 2 is 1.67 bits per heavy atom. The monoisotopic (exact) mass is 241 g/mol. The molecule has 4 nitrogen and oxygen atoms in total.